The van der Waals surface area contributed by atoms with Crippen molar-refractivity contribution in [1.82, 2.24) is 15.2 Å². The van der Waals surface area contributed by atoms with Crippen molar-refractivity contribution in [3.8, 4) is 5.88 Å². The van der Waals surface area contributed by atoms with E-state index >= 15 is 0 Å². The molecule has 0 amide bonds. The van der Waals surface area contributed by atoms with Crippen LogP contribution in [0.25, 0.3) is 0 Å². The molecular weight excluding hydrogens is 352 g/mol. The number of ether oxygens (including phenoxy) is 2. The third-order valence-corrected chi connectivity index (χ3v) is 6.28. The molecular formula is C22H34N4O2. The van der Waals surface area contributed by atoms with Crippen molar-refractivity contribution >= 4 is 5.96 Å². The number of rotatable bonds is 5. The number of fused-ring (bicyclic) bond motifs is 1. The molecule has 1 N–H and O–H groups in total. The highest BCUT2D eigenvalue weighted by Crippen LogP contribution is 2.36. The van der Waals surface area contributed by atoms with Crippen molar-refractivity contribution in [2.24, 2.45) is 16.8 Å². The summed E-state index contributed by atoms with van der Waals surface area (Å²) in [5.74, 6) is 3.48. The summed E-state index contributed by atoms with van der Waals surface area (Å²) in [6.45, 7) is 7.57. The summed E-state index contributed by atoms with van der Waals surface area (Å²) >= 11 is 0. The van der Waals surface area contributed by atoms with Crippen LogP contribution in [-0.4, -0.2) is 54.8 Å². The Bertz CT molecular complexity index is 646. The van der Waals surface area contributed by atoms with Crippen molar-refractivity contribution in [3.63, 3.8) is 0 Å². The molecule has 3 aliphatic rings. The van der Waals surface area contributed by atoms with Crippen LogP contribution in [0.4, 0.5) is 0 Å². The average Bonchev–Trinajstić information content (AvgIpc) is 3.16. The minimum absolute atomic E-state index is 0.213. The summed E-state index contributed by atoms with van der Waals surface area (Å²) in [7, 11) is 0. The first-order valence-electron chi connectivity index (χ1n) is 11.0. The standard InChI is InChI=1S/C22H34N4O2/c1-2-23-22(26-15-18-5-3-4-6-19(18)16-26)25-14-17-7-10-24-21(13-17)28-20-8-11-27-12-9-20/h7,10,13,18-20H,2-6,8-9,11-12,14-16H2,1H3,(H,23,25). The predicted octanol–water partition coefficient (Wildman–Crippen LogP) is 3.23. The number of likely N-dealkylation sites (tertiary alicyclic amines) is 1. The Hall–Kier alpha value is -1.82. The molecule has 6 nitrogen and oxygen atoms in total. The zero-order chi connectivity index (χ0) is 19.2. The van der Waals surface area contributed by atoms with Crippen molar-refractivity contribution in [1.29, 1.82) is 0 Å². The molecule has 3 fully saturated rings. The maximum Gasteiger partial charge on any atom is 0.213 e. The van der Waals surface area contributed by atoms with E-state index in [1.807, 2.05) is 18.3 Å². The molecule has 0 spiro atoms. The van der Waals surface area contributed by atoms with Crippen LogP contribution in [-0.2, 0) is 11.3 Å². The molecule has 6 heteroatoms. The lowest BCUT2D eigenvalue weighted by atomic mass is 9.82. The molecule has 2 aliphatic heterocycles. The maximum atomic E-state index is 6.05. The second-order valence-corrected chi connectivity index (χ2v) is 8.31. The Morgan fingerprint density at radius 2 is 1.96 bits per heavy atom. The lowest BCUT2D eigenvalue weighted by Gasteiger charge is -2.23. The quantitative estimate of drug-likeness (QED) is 0.622. The van der Waals surface area contributed by atoms with Gasteiger partial charge in [-0.1, -0.05) is 12.8 Å². The first-order valence-corrected chi connectivity index (χ1v) is 11.0. The Morgan fingerprint density at radius 1 is 1.21 bits per heavy atom. The van der Waals surface area contributed by atoms with Gasteiger partial charge in [-0.15, -0.1) is 0 Å². The van der Waals surface area contributed by atoms with Gasteiger partial charge in [0, 0.05) is 44.7 Å². The lowest BCUT2D eigenvalue weighted by Crippen LogP contribution is -2.40. The summed E-state index contributed by atoms with van der Waals surface area (Å²) in [4.78, 5) is 11.8. The van der Waals surface area contributed by atoms with E-state index in [1.165, 1.54) is 25.7 Å². The highest BCUT2D eigenvalue weighted by Gasteiger charge is 2.35. The summed E-state index contributed by atoms with van der Waals surface area (Å²) < 4.78 is 11.5. The molecule has 0 radical (unpaired) electrons. The molecule has 154 valence electrons. The lowest BCUT2D eigenvalue weighted by molar-refractivity contribution is 0.0237. The monoisotopic (exact) mass is 386 g/mol. The molecule has 2 atom stereocenters. The number of nitrogens with zero attached hydrogens (tertiary/aromatic N) is 3. The Labute approximate surface area is 168 Å². The van der Waals surface area contributed by atoms with Crippen LogP contribution in [0.5, 0.6) is 5.88 Å². The van der Waals surface area contributed by atoms with E-state index in [2.05, 4.69) is 22.1 Å². The molecule has 1 saturated carbocycles. The van der Waals surface area contributed by atoms with Crippen LogP contribution in [0.1, 0.15) is 51.0 Å². The number of nitrogens with one attached hydrogen (secondary N) is 1. The van der Waals surface area contributed by atoms with Crippen molar-refractivity contribution in [2.45, 2.75) is 58.1 Å². The maximum absolute atomic E-state index is 6.05. The van der Waals surface area contributed by atoms with Gasteiger partial charge in [-0.3, -0.25) is 0 Å². The molecule has 1 aliphatic carbocycles. The fraction of sp³-hybridized carbons (Fsp3) is 0.727. The largest absolute Gasteiger partial charge is 0.474 e. The van der Waals surface area contributed by atoms with E-state index in [1.54, 1.807) is 0 Å². The molecule has 28 heavy (non-hydrogen) atoms. The zero-order valence-electron chi connectivity index (χ0n) is 17.1. The molecule has 1 aromatic rings. The third-order valence-electron chi connectivity index (χ3n) is 6.28. The molecule has 4 rings (SSSR count). The first-order chi connectivity index (χ1) is 13.8. The van der Waals surface area contributed by atoms with Gasteiger partial charge in [0.05, 0.1) is 19.8 Å². The van der Waals surface area contributed by atoms with Crippen LogP contribution in [0.15, 0.2) is 23.3 Å². The fourth-order valence-electron chi connectivity index (χ4n) is 4.75. The van der Waals surface area contributed by atoms with E-state index < -0.39 is 0 Å². The van der Waals surface area contributed by atoms with E-state index in [-0.39, 0.29) is 6.10 Å². The van der Waals surface area contributed by atoms with Crippen LogP contribution in [0.2, 0.25) is 0 Å². The van der Waals surface area contributed by atoms with Crippen molar-refractivity contribution in [2.75, 3.05) is 32.8 Å². The summed E-state index contributed by atoms with van der Waals surface area (Å²) in [5.41, 5.74) is 1.14. The van der Waals surface area contributed by atoms with E-state index in [9.17, 15) is 0 Å². The van der Waals surface area contributed by atoms with E-state index in [4.69, 9.17) is 14.5 Å². The van der Waals surface area contributed by atoms with E-state index in [0.29, 0.717) is 12.4 Å². The van der Waals surface area contributed by atoms with Gasteiger partial charge in [0.1, 0.15) is 6.10 Å². The molecule has 1 aromatic heterocycles. The van der Waals surface area contributed by atoms with Crippen LogP contribution in [0, 0.1) is 11.8 Å². The van der Waals surface area contributed by atoms with Crippen LogP contribution >= 0.6 is 0 Å². The third kappa shape index (κ3) is 4.96. The highest BCUT2D eigenvalue weighted by atomic mass is 16.5. The number of hydrogen-bond acceptors (Lipinski definition) is 4. The second kappa shape index (κ2) is 9.59. The van der Waals surface area contributed by atoms with Gasteiger partial charge in [-0.2, -0.15) is 0 Å². The van der Waals surface area contributed by atoms with Gasteiger partial charge in [0.2, 0.25) is 5.88 Å². The zero-order valence-corrected chi connectivity index (χ0v) is 17.1. The van der Waals surface area contributed by atoms with Gasteiger partial charge in [0.25, 0.3) is 0 Å². The topological polar surface area (TPSA) is 59.0 Å². The Kier molecular flexibility index (Phi) is 6.68. The average molecular weight is 387 g/mol. The molecule has 0 aromatic carbocycles. The summed E-state index contributed by atoms with van der Waals surface area (Å²) in [5, 5.41) is 3.50. The highest BCUT2D eigenvalue weighted by molar-refractivity contribution is 5.80. The van der Waals surface area contributed by atoms with Gasteiger partial charge >= 0.3 is 0 Å². The first kappa shape index (κ1) is 19.5. The van der Waals surface area contributed by atoms with E-state index in [0.717, 1.165) is 69.0 Å². The SMILES string of the molecule is CCNC(=NCc1ccnc(OC2CCOCC2)c1)N1CC2CCCCC2C1. The Morgan fingerprint density at radius 3 is 2.68 bits per heavy atom. The normalized spacial score (nSPS) is 26.2. The molecule has 2 unspecified atom stereocenters. The number of pyridine rings is 1. The van der Waals surface area contributed by atoms with Crippen LogP contribution in [0.3, 0.4) is 0 Å². The van der Waals surface area contributed by atoms with Gasteiger partial charge in [0.15, 0.2) is 5.96 Å². The Balaban J connectivity index is 1.38. The molecule has 0 bridgehead atoms. The predicted molar refractivity (Wildman–Crippen MR) is 111 cm³/mol. The van der Waals surface area contributed by atoms with Gasteiger partial charge in [-0.25, -0.2) is 9.98 Å². The minimum Gasteiger partial charge on any atom is -0.474 e. The van der Waals surface area contributed by atoms with Crippen molar-refractivity contribution in [3.05, 3.63) is 23.9 Å². The van der Waals surface area contributed by atoms with Crippen molar-refractivity contribution < 1.29 is 9.47 Å². The smallest absolute Gasteiger partial charge is 0.213 e. The number of guanidine groups is 1. The summed E-state index contributed by atoms with van der Waals surface area (Å²) in [6.07, 6.45) is 9.49. The fourth-order valence-corrected chi connectivity index (χ4v) is 4.75. The summed E-state index contributed by atoms with van der Waals surface area (Å²) in [6, 6.07) is 4.07. The second-order valence-electron chi connectivity index (χ2n) is 8.31. The number of aromatic nitrogens is 1. The number of aliphatic imine (C=N–C) groups is 1. The minimum atomic E-state index is 0.213. The van der Waals surface area contributed by atoms with Gasteiger partial charge in [-0.05, 0) is 43.2 Å². The van der Waals surface area contributed by atoms with Gasteiger partial charge < -0.3 is 19.7 Å². The molecule has 2 saturated heterocycles. The van der Waals surface area contributed by atoms with Crippen LogP contribution < -0.4 is 10.1 Å². The molecule has 3 heterocycles. The number of hydrogen-bond donors (Lipinski definition) is 1.